The number of rotatable bonds is 3. The van der Waals surface area contributed by atoms with E-state index in [1.165, 1.54) is 5.57 Å². The number of anilines is 1. The second kappa shape index (κ2) is 5.21. The molecule has 0 spiro atoms. The van der Waals surface area contributed by atoms with Gasteiger partial charge in [0.1, 0.15) is 6.07 Å². The quantitative estimate of drug-likeness (QED) is 0.701. The lowest BCUT2D eigenvalue weighted by atomic mass is 10.2. The Bertz CT molecular complexity index is 395. The van der Waals surface area contributed by atoms with Crippen molar-refractivity contribution >= 4 is 5.69 Å². The lowest BCUT2D eigenvalue weighted by Gasteiger charge is -2.18. The molecule has 0 aromatic heterocycles. The lowest BCUT2D eigenvalue weighted by molar-refractivity contribution is 1.02. The summed E-state index contributed by atoms with van der Waals surface area (Å²) in [5.74, 6) is 0. The van der Waals surface area contributed by atoms with Gasteiger partial charge in [-0.25, -0.2) is 0 Å². The first kappa shape index (κ1) is 11.3. The normalized spacial score (nSPS) is 9.20. The van der Waals surface area contributed by atoms with Crippen LogP contribution in [0.1, 0.15) is 19.4 Å². The summed E-state index contributed by atoms with van der Waals surface area (Å²) in [5.41, 5.74) is 3.00. The van der Waals surface area contributed by atoms with Crippen LogP contribution in [-0.2, 0) is 0 Å². The molecule has 78 valence electrons. The summed E-state index contributed by atoms with van der Waals surface area (Å²) in [4.78, 5) is 2.07. The Labute approximate surface area is 91.4 Å². The van der Waals surface area contributed by atoms with Crippen LogP contribution in [0.15, 0.2) is 35.9 Å². The molecule has 0 saturated carbocycles. The second-order valence-corrected chi connectivity index (χ2v) is 3.79. The van der Waals surface area contributed by atoms with Gasteiger partial charge >= 0.3 is 0 Å². The number of para-hydroxylation sites is 1. The number of likely N-dealkylation sites (N-methyl/N-ethyl adjacent to an activating group) is 1. The average molecular weight is 200 g/mol. The van der Waals surface area contributed by atoms with Gasteiger partial charge in [-0.1, -0.05) is 23.8 Å². The third-order valence-corrected chi connectivity index (χ3v) is 2.21. The minimum Gasteiger partial charge on any atom is -0.370 e. The Hall–Kier alpha value is -1.75. The van der Waals surface area contributed by atoms with Gasteiger partial charge in [0.2, 0.25) is 0 Å². The maximum atomic E-state index is 8.95. The summed E-state index contributed by atoms with van der Waals surface area (Å²) >= 11 is 0. The number of hydrogen-bond donors (Lipinski definition) is 0. The zero-order valence-electron chi connectivity index (χ0n) is 9.49. The van der Waals surface area contributed by atoms with Crippen LogP contribution in [-0.4, -0.2) is 13.6 Å². The van der Waals surface area contributed by atoms with E-state index in [1.54, 1.807) is 0 Å². The number of nitrogens with zero attached hydrogens (tertiary/aromatic N) is 2. The van der Waals surface area contributed by atoms with E-state index < -0.39 is 0 Å². The smallest absolute Gasteiger partial charge is 0.101 e. The van der Waals surface area contributed by atoms with Crippen LogP contribution in [0.4, 0.5) is 5.69 Å². The topological polar surface area (TPSA) is 27.0 Å². The third kappa shape index (κ3) is 3.14. The van der Waals surface area contributed by atoms with E-state index >= 15 is 0 Å². The molecule has 0 N–H and O–H groups in total. The molecule has 0 aliphatic rings. The highest BCUT2D eigenvalue weighted by atomic mass is 15.1. The van der Waals surface area contributed by atoms with Crippen LogP contribution in [0.5, 0.6) is 0 Å². The fraction of sp³-hybridized carbons (Fsp3) is 0.308. The van der Waals surface area contributed by atoms with E-state index in [0.717, 1.165) is 17.8 Å². The van der Waals surface area contributed by atoms with Crippen molar-refractivity contribution in [1.82, 2.24) is 0 Å². The van der Waals surface area contributed by atoms with Crippen molar-refractivity contribution in [3.8, 4) is 6.07 Å². The molecule has 0 aliphatic carbocycles. The maximum absolute atomic E-state index is 8.95. The largest absolute Gasteiger partial charge is 0.370 e. The van der Waals surface area contributed by atoms with Crippen molar-refractivity contribution in [3.63, 3.8) is 0 Å². The highest BCUT2D eigenvalue weighted by Gasteiger charge is 2.04. The molecular weight excluding hydrogens is 184 g/mol. The summed E-state index contributed by atoms with van der Waals surface area (Å²) in [6.07, 6.45) is 2.15. The first-order valence-corrected chi connectivity index (χ1v) is 4.98. The molecule has 15 heavy (non-hydrogen) atoms. The van der Waals surface area contributed by atoms with Gasteiger partial charge in [-0.3, -0.25) is 0 Å². The van der Waals surface area contributed by atoms with Gasteiger partial charge in [-0.15, -0.1) is 0 Å². The van der Waals surface area contributed by atoms with Crippen molar-refractivity contribution in [3.05, 3.63) is 41.5 Å². The molecule has 2 heteroatoms. The zero-order chi connectivity index (χ0) is 11.3. The van der Waals surface area contributed by atoms with Crippen molar-refractivity contribution < 1.29 is 0 Å². The molecule has 0 heterocycles. The Balaban J connectivity index is 2.87. The first-order valence-electron chi connectivity index (χ1n) is 4.98. The van der Waals surface area contributed by atoms with Gasteiger partial charge < -0.3 is 4.90 Å². The molecule has 0 saturated heterocycles. The monoisotopic (exact) mass is 200 g/mol. The lowest BCUT2D eigenvalue weighted by Crippen LogP contribution is -2.18. The molecule has 0 amide bonds. The number of nitriles is 1. The van der Waals surface area contributed by atoms with Crippen LogP contribution in [0.3, 0.4) is 0 Å². The van der Waals surface area contributed by atoms with E-state index in [4.69, 9.17) is 5.26 Å². The predicted molar refractivity (Wildman–Crippen MR) is 63.9 cm³/mol. The van der Waals surface area contributed by atoms with Crippen molar-refractivity contribution in [2.45, 2.75) is 13.8 Å². The minimum absolute atomic E-state index is 0.724. The second-order valence-electron chi connectivity index (χ2n) is 3.79. The predicted octanol–water partition coefficient (Wildman–Crippen LogP) is 2.96. The average Bonchev–Trinajstić information content (AvgIpc) is 2.25. The molecule has 1 rings (SSSR count). The van der Waals surface area contributed by atoms with Crippen LogP contribution in [0.2, 0.25) is 0 Å². The van der Waals surface area contributed by atoms with Crippen molar-refractivity contribution in [2.24, 2.45) is 0 Å². The fourth-order valence-electron chi connectivity index (χ4n) is 1.32. The van der Waals surface area contributed by atoms with Crippen molar-refractivity contribution in [1.29, 1.82) is 5.26 Å². The molecule has 0 fully saturated rings. The molecule has 0 atom stereocenters. The summed E-state index contributed by atoms with van der Waals surface area (Å²) in [7, 11) is 2.00. The highest BCUT2D eigenvalue weighted by molar-refractivity contribution is 5.58. The van der Waals surface area contributed by atoms with Gasteiger partial charge in [0, 0.05) is 13.6 Å². The summed E-state index contributed by atoms with van der Waals surface area (Å²) < 4.78 is 0. The van der Waals surface area contributed by atoms with Crippen LogP contribution < -0.4 is 4.90 Å². The van der Waals surface area contributed by atoms with E-state index in [9.17, 15) is 0 Å². The molecule has 2 nitrogen and oxygen atoms in total. The van der Waals surface area contributed by atoms with Gasteiger partial charge in [0.05, 0.1) is 11.3 Å². The van der Waals surface area contributed by atoms with Crippen LogP contribution in [0, 0.1) is 11.3 Å². The molecular formula is C13H16N2. The standard InChI is InChI=1S/C13H16N2/c1-11(2)8-9-15(3)13-7-5-4-6-12(13)10-14/h4-8H,9H2,1-3H3. The summed E-state index contributed by atoms with van der Waals surface area (Å²) in [6, 6.07) is 9.85. The third-order valence-electron chi connectivity index (χ3n) is 2.21. The molecule has 0 aliphatic heterocycles. The van der Waals surface area contributed by atoms with E-state index in [0.29, 0.717) is 0 Å². The van der Waals surface area contributed by atoms with Gasteiger partial charge in [0.15, 0.2) is 0 Å². The number of hydrogen-bond acceptors (Lipinski definition) is 2. The molecule has 1 aromatic carbocycles. The van der Waals surface area contributed by atoms with Gasteiger partial charge in [-0.05, 0) is 26.0 Å². The summed E-state index contributed by atoms with van der Waals surface area (Å²) in [5, 5.41) is 8.95. The van der Waals surface area contributed by atoms with Gasteiger partial charge in [-0.2, -0.15) is 5.26 Å². The van der Waals surface area contributed by atoms with Crippen molar-refractivity contribution in [2.75, 3.05) is 18.5 Å². The Morgan fingerprint density at radius 2 is 2.07 bits per heavy atom. The van der Waals surface area contributed by atoms with Crippen LogP contribution >= 0.6 is 0 Å². The number of benzene rings is 1. The Morgan fingerprint density at radius 3 is 2.67 bits per heavy atom. The molecule has 0 radical (unpaired) electrons. The summed E-state index contributed by atoms with van der Waals surface area (Å²) in [6.45, 7) is 4.98. The first-order chi connectivity index (χ1) is 7.15. The SMILES string of the molecule is CC(C)=CCN(C)c1ccccc1C#N. The molecule has 0 bridgehead atoms. The van der Waals surface area contributed by atoms with Crippen LogP contribution in [0.25, 0.3) is 0 Å². The molecule has 1 aromatic rings. The maximum Gasteiger partial charge on any atom is 0.101 e. The Kier molecular flexibility index (Phi) is 3.93. The van der Waals surface area contributed by atoms with E-state index in [1.807, 2.05) is 31.3 Å². The van der Waals surface area contributed by atoms with E-state index in [2.05, 4.69) is 30.9 Å². The molecule has 0 unspecified atom stereocenters. The highest BCUT2D eigenvalue weighted by Crippen LogP contribution is 2.17. The van der Waals surface area contributed by atoms with Gasteiger partial charge in [0.25, 0.3) is 0 Å². The zero-order valence-corrected chi connectivity index (χ0v) is 9.49. The minimum atomic E-state index is 0.724. The fourth-order valence-corrected chi connectivity index (χ4v) is 1.32. The van der Waals surface area contributed by atoms with E-state index in [-0.39, 0.29) is 0 Å². The number of allylic oxidation sites excluding steroid dienone is 1. The Morgan fingerprint density at radius 1 is 1.40 bits per heavy atom.